The van der Waals surface area contributed by atoms with Gasteiger partial charge in [-0.2, -0.15) is 0 Å². The predicted molar refractivity (Wildman–Crippen MR) is 91.0 cm³/mol. The van der Waals surface area contributed by atoms with Gasteiger partial charge in [-0.25, -0.2) is 0 Å². The third-order valence-electron chi connectivity index (χ3n) is 4.06. The molecule has 1 aliphatic rings. The van der Waals surface area contributed by atoms with E-state index in [-0.39, 0.29) is 18.0 Å². The molecule has 1 aromatic rings. The van der Waals surface area contributed by atoms with Crippen LogP contribution in [-0.4, -0.2) is 54.0 Å². The van der Waals surface area contributed by atoms with Gasteiger partial charge in [0, 0.05) is 43.8 Å². The van der Waals surface area contributed by atoms with Crippen LogP contribution in [0.2, 0.25) is 5.02 Å². The number of amides is 1. The number of carbonyl (C=O) groups excluding carboxylic acids is 1. The first kappa shape index (κ1) is 17.3. The minimum absolute atomic E-state index is 0.0595. The maximum atomic E-state index is 12.1. The maximum Gasteiger partial charge on any atom is 0.237 e. The Morgan fingerprint density at radius 3 is 2.50 bits per heavy atom. The van der Waals surface area contributed by atoms with Crippen LogP contribution in [0, 0.1) is 0 Å². The summed E-state index contributed by atoms with van der Waals surface area (Å²) in [6, 6.07) is 8.16. The lowest BCUT2D eigenvalue weighted by Gasteiger charge is -2.37. The molecule has 5 heteroatoms. The smallest absolute Gasteiger partial charge is 0.237 e. The number of piperazine rings is 1. The van der Waals surface area contributed by atoms with Crippen LogP contribution in [0.1, 0.15) is 26.3 Å². The van der Waals surface area contributed by atoms with E-state index in [4.69, 9.17) is 11.6 Å². The fraction of sp³-hybridized carbons (Fsp3) is 0.588. The first-order chi connectivity index (χ1) is 10.5. The fourth-order valence-electron chi connectivity index (χ4n) is 2.77. The predicted octanol–water partition coefficient (Wildman–Crippen LogP) is 2.37. The van der Waals surface area contributed by atoms with Crippen molar-refractivity contribution in [2.75, 3.05) is 26.2 Å². The molecule has 0 radical (unpaired) electrons. The zero-order chi connectivity index (χ0) is 16.1. The van der Waals surface area contributed by atoms with Gasteiger partial charge in [0.15, 0.2) is 0 Å². The normalized spacial score (nSPS) is 18.4. The summed E-state index contributed by atoms with van der Waals surface area (Å²) in [5, 5.41) is 3.78. The Balaban J connectivity index is 1.81. The van der Waals surface area contributed by atoms with Gasteiger partial charge in [0.25, 0.3) is 0 Å². The van der Waals surface area contributed by atoms with Crippen molar-refractivity contribution in [3.63, 3.8) is 0 Å². The Bertz CT molecular complexity index is 498. The Labute approximate surface area is 138 Å². The van der Waals surface area contributed by atoms with Crippen LogP contribution in [-0.2, 0) is 11.3 Å². The highest BCUT2D eigenvalue weighted by Gasteiger charge is 2.25. The van der Waals surface area contributed by atoms with Gasteiger partial charge < -0.3 is 5.32 Å². The van der Waals surface area contributed by atoms with Crippen LogP contribution < -0.4 is 5.32 Å². The molecule has 1 atom stereocenters. The third kappa shape index (κ3) is 4.97. The Morgan fingerprint density at radius 2 is 1.91 bits per heavy atom. The van der Waals surface area contributed by atoms with Gasteiger partial charge >= 0.3 is 0 Å². The van der Waals surface area contributed by atoms with E-state index in [1.165, 1.54) is 5.56 Å². The lowest BCUT2D eigenvalue weighted by atomic mass is 10.1. The third-order valence-corrected chi connectivity index (χ3v) is 4.30. The standard InChI is InChI=1S/C17H26ClN3O/c1-13(2)19-17(22)14(3)21-9-7-20(8-10-21)12-15-5-4-6-16(18)11-15/h4-6,11,13-14H,7-10,12H2,1-3H3,(H,19,22)/t14-/m1/s1. The fourth-order valence-corrected chi connectivity index (χ4v) is 2.99. The number of carbonyl (C=O) groups is 1. The zero-order valence-electron chi connectivity index (χ0n) is 13.7. The molecule has 0 aliphatic carbocycles. The summed E-state index contributed by atoms with van der Waals surface area (Å²) in [4.78, 5) is 16.7. The van der Waals surface area contributed by atoms with E-state index in [1.807, 2.05) is 39.0 Å². The van der Waals surface area contributed by atoms with Crippen molar-refractivity contribution in [3.05, 3.63) is 34.9 Å². The van der Waals surface area contributed by atoms with Crippen LogP contribution in [0.4, 0.5) is 0 Å². The number of nitrogens with one attached hydrogen (secondary N) is 1. The van der Waals surface area contributed by atoms with Crippen molar-refractivity contribution >= 4 is 17.5 Å². The molecule has 1 aromatic carbocycles. The van der Waals surface area contributed by atoms with Crippen molar-refractivity contribution in [2.45, 2.75) is 39.4 Å². The van der Waals surface area contributed by atoms with Crippen LogP contribution >= 0.6 is 11.6 Å². The quantitative estimate of drug-likeness (QED) is 0.903. The van der Waals surface area contributed by atoms with E-state index in [0.717, 1.165) is 37.7 Å². The van der Waals surface area contributed by atoms with E-state index in [0.29, 0.717) is 0 Å². The van der Waals surface area contributed by atoms with Crippen molar-refractivity contribution in [2.24, 2.45) is 0 Å². The molecule has 4 nitrogen and oxygen atoms in total. The number of rotatable bonds is 5. The Morgan fingerprint density at radius 1 is 1.23 bits per heavy atom. The molecule has 0 spiro atoms. The molecule has 0 bridgehead atoms. The van der Waals surface area contributed by atoms with Gasteiger partial charge in [0.05, 0.1) is 6.04 Å². The maximum absolute atomic E-state index is 12.1. The molecular weight excluding hydrogens is 298 g/mol. The van der Waals surface area contributed by atoms with Crippen molar-refractivity contribution in [1.29, 1.82) is 0 Å². The highest BCUT2D eigenvalue weighted by molar-refractivity contribution is 6.30. The van der Waals surface area contributed by atoms with Crippen LogP contribution in [0.3, 0.4) is 0 Å². The second-order valence-electron chi connectivity index (χ2n) is 6.28. The Kier molecular flexibility index (Phi) is 6.24. The second kappa shape index (κ2) is 7.95. The minimum atomic E-state index is -0.0595. The van der Waals surface area contributed by atoms with Crippen molar-refractivity contribution < 1.29 is 4.79 Å². The van der Waals surface area contributed by atoms with E-state index in [1.54, 1.807) is 0 Å². The highest BCUT2D eigenvalue weighted by Crippen LogP contribution is 2.14. The minimum Gasteiger partial charge on any atom is -0.353 e. The molecule has 22 heavy (non-hydrogen) atoms. The van der Waals surface area contributed by atoms with Gasteiger partial charge in [0.2, 0.25) is 5.91 Å². The van der Waals surface area contributed by atoms with Gasteiger partial charge in [-0.1, -0.05) is 23.7 Å². The Hall–Kier alpha value is -1.10. The first-order valence-electron chi connectivity index (χ1n) is 7.97. The topological polar surface area (TPSA) is 35.6 Å². The summed E-state index contributed by atoms with van der Waals surface area (Å²) in [7, 11) is 0. The summed E-state index contributed by atoms with van der Waals surface area (Å²) >= 11 is 6.03. The lowest BCUT2D eigenvalue weighted by molar-refractivity contribution is -0.127. The summed E-state index contributed by atoms with van der Waals surface area (Å²) in [6.45, 7) is 10.7. The summed E-state index contributed by atoms with van der Waals surface area (Å²) < 4.78 is 0. The second-order valence-corrected chi connectivity index (χ2v) is 6.72. The summed E-state index contributed by atoms with van der Waals surface area (Å²) in [5.74, 6) is 0.123. The van der Waals surface area contributed by atoms with E-state index in [2.05, 4.69) is 21.2 Å². The van der Waals surface area contributed by atoms with E-state index >= 15 is 0 Å². The molecule has 1 N–H and O–H groups in total. The van der Waals surface area contributed by atoms with Gasteiger partial charge in [-0.15, -0.1) is 0 Å². The zero-order valence-corrected chi connectivity index (χ0v) is 14.4. The SMILES string of the molecule is CC(C)NC(=O)[C@@H](C)N1CCN(Cc2cccc(Cl)c2)CC1. The van der Waals surface area contributed by atoms with Gasteiger partial charge in [-0.3, -0.25) is 14.6 Å². The number of halogens is 1. The van der Waals surface area contributed by atoms with Crippen LogP contribution in [0.5, 0.6) is 0 Å². The van der Waals surface area contributed by atoms with Crippen molar-refractivity contribution in [3.8, 4) is 0 Å². The molecule has 122 valence electrons. The van der Waals surface area contributed by atoms with E-state index in [9.17, 15) is 4.79 Å². The van der Waals surface area contributed by atoms with Crippen LogP contribution in [0.25, 0.3) is 0 Å². The number of hydrogen-bond acceptors (Lipinski definition) is 3. The molecule has 1 heterocycles. The van der Waals surface area contributed by atoms with Crippen LogP contribution in [0.15, 0.2) is 24.3 Å². The average molecular weight is 324 g/mol. The van der Waals surface area contributed by atoms with Gasteiger partial charge in [-0.05, 0) is 38.5 Å². The monoisotopic (exact) mass is 323 g/mol. The largest absolute Gasteiger partial charge is 0.353 e. The average Bonchev–Trinajstić information content (AvgIpc) is 2.46. The number of hydrogen-bond donors (Lipinski definition) is 1. The molecule has 0 saturated carbocycles. The van der Waals surface area contributed by atoms with Gasteiger partial charge in [0.1, 0.15) is 0 Å². The highest BCUT2D eigenvalue weighted by atomic mass is 35.5. The summed E-state index contributed by atoms with van der Waals surface area (Å²) in [5.41, 5.74) is 1.24. The molecule has 1 fully saturated rings. The lowest BCUT2D eigenvalue weighted by Crippen LogP contribution is -2.54. The molecule has 1 aliphatic heterocycles. The molecule has 2 rings (SSSR count). The number of nitrogens with zero attached hydrogens (tertiary/aromatic N) is 2. The molecule has 1 saturated heterocycles. The molecule has 0 unspecified atom stereocenters. The number of benzene rings is 1. The molecular formula is C17H26ClN3O. The molecule has 1 amide bonds. The van der Waals surface area contributed by atoms with Crippen molar-refractivity contribution in [1.82, 2.24) is 15.1 Å². The molecule has 0 aromatic heterocycles. The first-order valence-corrected chi connectivity index (χ1v) is 8.34. The van der Waals surface area contributed by atoms with E-state index < -0.39 is 0 Å². The summed E-state index contributed by atoms with van der Waals surface area (Å²) in [6.07, 6.45) is 0.